The molecular weight excluding hydrogens is 358 g/mol. The molecule has 2 aromatic carbocycles. The van der Waals surface area contributed by atoms with Crippen LogP contribution < -0.4 is 10.6 Å². The fourth-order valence-corrected chi connectivity index (χ4v) is 2.91. The zero-order valence-corrected chi connectivity index (χ0v) is 15.0. The number of carbonyl (C=O) groups excluding carboxylic acids is 1. The lowest BCUT2D eigenvalue weighted by molar-refractivity contribution is -0.383. The van der Waals surface area contributed by atoms with E-state index < -0.39 is 20.7 Å². The van der Waals surface area contributed by atoms with Crippen molar-refractivity contribution in [2.24, 2.45) is 0 Å². The zero-order valence-electron chi connectivity index (χ0n) is 14.1. The summed E-state index contributed by atoms with van der Waals surface area (Å²) in [7, 11) is -3.09. The third kappa shape index (κ3) is 5.85. The first-order valence-corrected chi connectivity index (χ1v) is 9.89. The Balaban J connectivity index is 2.09. The van der Waals surface area contributed by atoms with Gasteiger partial charge in [0.15, 0.2) is 0 Å². The molecule has 26 heavy (non-hydrogen) atoms. The number of sulfone groups is 1. The van der Waals surface area contributed by atoms with Crippen LogP contribution in [0.5, 0.6) is 0 Å². The van der Waals surface area contributed by atoms with E-state index in [1.54, 1.807) is 24.3 Å². The van der Waals surface area contributed by atoms with Gasteiger partial charge in [-0.05, 0) is 30.7 Å². The predicted molar refractivity (Wildman–Crippen MR) is 99.5 cm³/mol. The molecule has 0 aliphatic heterocycles. The largest absolute Gasteiger partial charge is 0.352 e. The molecule has 9 heteroatoms. The standard InChI is InChI=1S/C17H19N3O5S/c1-26(24,25)11-5-10-18-17(21)13-8-9-15(16(12-13)20(22)23)19-14-6-3-2-4-7-14/h2-4,6-9,12,19H,5,10-11H2,1H3,(H,18,21). The highest BCUT2D eigenvalue weighted by Crippen LogP contribution is 2.28. The Morgan fingerprint density at radius 3 is 2.46 bits per heavy atom. The number of nitrogens with zero attached hydrogens (tertiary/aromatic N) is 1. The van der Waals surface area contributed by atoms with Crippen molar-refractivity contribution in [3.63, 3.8) is 0 Å². The number of nitrogens with one attached hydrogen (secondary N) is 2. The van der Waals surface area contributed by atoms with Crippen LogP contribution in [0.15, 0.2) is 48.5 Å². The van der Waals surface area contributed by atoms with Crippen LogP contribution in [0.1, 0.15) is 16.8 Å². The Kier molecular flexibility index (Phi) is 6.29. The highest BCUT2D eigenvalue weighted by Gasteiger charge is 2.17. The van der Waals surface area contributed by atoms with Crippen molar-refractivity contribution >= 4 is 32.8 Å². The molecule has 0 aliphatic rings. The number of benzene rings is 2. The van der Waals surface area contributed by atoms with Crippen molar-refractivity contribution < 1.29 is 18.1 Å². The number of anilines is 2. The van der Waals surface area contributed by atoms with E-state index in [2.05, 4.69) is 10.6 Å². The summed E-state index contributed by atoms with van der Waals surface area (Å²) < 4.78 is 22.1. The number of rotatable bonds is 8. The molecule has 0 saturated carbocycles. The molecule has 0 aromatic heterocycles. The molecule has 2 N–H and O–H groups in total. The average molecular weight is 377 g/mol. The Morgan fingerprint density at radius 2 is 1.85 bits per heavy atom. The first-order valence-electron chi connectivity index (χ1n) is 7.83. The van der Waals surface area contributed by atoms with Gasteiger partial charge >= 0.3 is 0 Å². The SMILES string of the molecule is CS(=O)(=O)CCCNC(=O)c1ccc(Nc2ccccc2)c([N+](=O)[O-])c1. The maximum Gasteiger partial charge on any atom is 0.293 e. The van der Waals surface area contributed by atoms with Crippen LogP contribution in [-0.4, -0.2) is 37.8 Å². The third-order valence-corrected chi connectivity index (χ3v) is 4.52. The van der Waals surface area contributed by atoms with E-state index in [1.807, 2.05) is 6.07 Å². The van der Waals surface area contributed by atoms with Crippen LogP contribution in [0.4, 0.5) is 17.1 Å². The molecule has 0 heterocycles. The van der Waals surface area contributed by atoms with Crippen LogP contribution in [0, 0.1) is 10.1 Å². The van der Waals surface area contributed by atoms with E-state index in [-0.39, 0.29) is 35.7 Å². The van der Waals surface area contributed by atoms with Crippen LogP contribution in [-0.2, 0) is 9.84 Å². The molecule has 0 unspecified atom stereocenters. The van der Waals surface area contributed by atoms with Gasteiger partial charge in [0.2, 0.25) is 0 Å². The summed E-state index contributed by atoms with van der Waals surface area (Å²) >= 11 is 0. The lowest BCUT2D eigenvalue weighted by Gasteiger charge is -2.09. The fourth-order valence-electron chi connectivity index (χ4n) is 2.24. The molecular formula is C17H19N3O5S. The van der Waals surface area contributed by atoms with Gasteiger partial charge in [0.1, 0.15) is 15.5 Å². The van der Waals surface area contributed by atoms with Gasteiger partial charge in [-0.3, -0.25) is 14.9 Å². The number of nitro benzene ring substituents is 1. The Labute approximate surface area is 151 Å². The van der Waals surface area contributed by atoms with Gasteiger partial charge < -0.3 is 10.6 Å². The monoisotopic (exact) mass is 377 g/mol. The minimum absolute atomic E-state index is 0.0344. The Bertz CT molecular complexity index is 898. The third-order valence-electron chi connectivity index (χ3n) is 3.49. The summed E-state index contributed by atoms with van der Waals surface area (Å²) in [6, 6.07) is 13.1. The minimum Gasteiger partial charge on any atom is -0.352 e. The van der Waals surface area contributed by atoms with E-state index >= 15 is 0 Å². The number of amides is 1. The first kappa shape index (κ1) is 19.4. The molecule has 2 aromatic rings. The average Bonchev–Trinajstić information content (AvgIpc) is 2.58. The molecule has 0 spiro atoms. The predicted octanol–water partition coefficient (Wildman–Crippen LogP) is 2.50. The normalized spacial score (nSPS) is 11.0. The molecule has 1 amide bonds. The van der Waals surface area contributed by atoms with Crippen LogP contribution >= 0.6 is 0 Å². The van der Waals surface area contributed by atoms with Gasteiger partial charge in [-0.15, -0.1) is 0 Å². The number of hydrogen-bond acceptors (Lipinski definition) is 6. The van der Waals surface area contributed by atoms with Crippen LogP contribution in [0.25, 0.3) is 0 Å². The molecule has 0 atom stereocenters. The topological polar surface area (TPSA) is 118 Å². The van der Waals surface area contributed by atoms with Gasteiger partial charge in [-0.2, -0.15) is 0 Å². The molecule has 138 valence electrons. The second-order valence-electron chi connectivity index (χ2n) is 5.72. The van der Waals surface area contributed by atoms with Crippen molar-refractivity contribution in [3.8, 4) is 0 Å². The summed E-state index contributed by atoms with van der Waals surface area (Å²) in [6.07, 6.45) is 1.40. The number of nitro groups is 1. The molecule has 0 radical (unpaired) electrons. The van der Waals surface area contributed by atoms with Crippen molar-refractivity contribution in [2.75, 3.05) is 23.9 Å². The maximum atomic E-state index is 12.1. The van der Waals surface area contributed by atoms with E-state index in [4.69, 9.17) is 0 Å². The van der Waals surface area contributed by atoms with Gasteiger partial charge in [0.05, 0.1) is 10.7 Å². The second kappa shape index (κ2) is 8.43. The number of hydrogen-bond donors (Lipinski definition) is 2. The van der Waals surface area contributed by atoms with E-state index in [9.17, 15) is 23.3 Å². The quantitative estimate of drug-likeness (QED) is 0.414. The summed E-state index contributed by atoms with van der Waals surface area (Å²) in [5, 5.41) is 16.8. The second-order valence-corrected chi connectivity index (χ2v) is 7.98. The maximum absolute atomic E-state index is 12.1. The highest BCUT2D eigenvalue weighted by molar-refractivity contribution is 7.90. The molecule has 8 nitrogen and oxygen atoms in total. The van der Waals surface area contributed by atoms with Gasteiger partial charge in [-0.1, -0.05) is 18.2 Å². The molecule has 0 saturated heterocycles. The summed E-state index contributed by atoms with van der Waals surface area (Å²) in [5.41, 5.74) is 0.871. The van der Waals surface area contributed by atoms with E-state index in [0.717, 1.165) is 6.26 Å². The Hall–Kier alpha value is -2.94. The summed E-state index contributed by atoms with van der Waals surface area (Å²) in [5.74, 6) is -0.527. The lowest BCUT2D eigenvalue weighted by Crippen LogP contribution is -2.26. The summed E-state index contributed by atoms with van der Waals surface area (Å²) in [6.45, 7) is 0.170. The van der Waals surface area contributed by atoms with Crippen molar-refractivity contribution in [3.05, 3.63) is 64.2 Å². The lowest BCUT2D eigenvalue weighted by atomic mass is 10.1. The van der Waals surface area contributed by atoms with Crippen LogP contribution in [0.2, 0.25) is 0 Å². The smallest absolute Gasteiger partial charge is 0.293 e. The van der Waals surface area contributed by atoms with Gasteiger partial charge in [0.25, 0.3) is 11.6 Å². The minimum atomic E-state index is -3.09. The zero-order chi connectivity index (χ0) is 19.2. The Morgan fingerprint density at radius 1 is 1.15 bits per heavy atom. The van der Waals surface area contributed by atoms with E-state index in [1.165, 1.54) is 18.2 Å². The molecule has 0 aliphatic carbocycles. The number of para-hydroxylation sites is 1. The van der Waals surface area contributed by atoms with E-state index in [0.29, 0.717) is 5.69 Å². The van der Waals surface area contributed by atoms with Crippen molar-refractivity contribution in [1.82, 2.24) is 5.32 Å². The fraction of sp³-hybridized carbons (Fsp3) is 0.235. The van der Waals surface area contributed by atoms with Gasteiger partial charge in [0, 0.05) is 30.1 Å². The van der Waals surface area contributed by atoms with Crippen molar-refractivity contribution in [2.45, 2.75) is 6.42 Å². The first-order chi connectivity index (χ1) is 12.3. The highest BCUT2D eigenvalue weighted by atomic mass is 32.2. The van der Waals surface area contributed by atoms with Crippen LogP contribution in [0.3, 0.4) is 0 Å². The number of carbonyl (C=O) groups is 1. The molecule has 2 rings (SSSR count). The van der Waals surface area contributed by atoms with Gasteiger partial charge in [-0.25, -0.2) is 8.42 Å². The van der Waals surface area contributed by atoms with Crippen molar-refractivity contribution in [1.29, 1.82) is 0 Å². The molecule has 0 fully saturated rings. The summed E-state index contributed by atoms with van der Waals surface area (Å²) in [4.78, 5) is 22.9. The molecule has 0 bridgehead atoms.